The Balaban J connectivity index is 2.24. The number of rotatable bonds is 4. The highest BCUT2D eigenvalue weighted by Crippen LogP contribution is 2.28. The zero-order valence-electron chi connectivity index (χ0n) is 10.5. The van der Waals surface area contributed by atoms with Crippen LogP contribution in [0.25, 0.3) is 0 Å². The van der Waals surface area contributed by atoms with E-state index in [9.17, 15) is 4.39 Å². The molecule has 0 spiro atoms. The number of hydrogen-bond acceptors (Lipinski definition) is 1. The van der Waals surface area contributed by atoms with E-state index in [1.54, 1.807) is 18.2 Å². The molecule has 19 heavy (non-hydrogen) atoms. The topological polar surface area (TPSA) is 12.0 Å². The van der Waals surface area contributed by atoms with Gasteiger partial charge in [-0.15, -0.1) is 0 Å². The van der Waals surface area contributed by atoms with Crippen molar-refractivity contribution in [2.24, 2.45) is 0 Å². The van der Waals surface area contributed by atoms with Gasteiger partial charge in [0.2, 0.25) is 0 Å². The number of nitrogens with one attached hydrogen (secondary N) is 1. The highest BCUT2D eigenvalue weighted by Gasteiger charge is 2.12. The lowest BCUT2D eigenvalue weighted by atomic mass is 10.0. The SMILES string of the molecule is CCC(Nc1cccc(Cl)c1F)c1ccc(Br)cc1. The van der Waals surface area contributed by atoms with Crippen LogP contribution >= 0.6 is 27.5 Å². The fraction of sp³-hybridized carbons (Fsp3) is 0.200. The van der Waals surface area contributed by atoms with Crippen molar-refractivity contribution in [3.63, 3.8) is 0 Å². The van der Waals surface area contributed by atoms with Gasteiger partial charge in [-0.1, -0.05) is 52.7 Å². The average Bonchev–Trinajstić information content (AvgIpc) is 2.42. The lowest BCUT2D eigenvalue weighted by molar-refractivity contribution is 0.624. The Morgan fingerprint density at radius 2 is 1.89 bits per heavy atom. The lowest BCUT2D eigenvalue weighted by Crippen LogP contribution is -2.10. The molecule has 0 radical (unpaired) electrons. The van der Waals surface area contributed by atoms with Crippen molar-refractivity contribution in [1.82, 2.24) is 0 Å². The van der Waals surface area contributed by atoms with Gasteiger partial charge in [0.25, 0.3) is 0 Å². The summed E-state index contributed by atoms with van der Waals surface area (Å²) < 4.78 is 14.9. The molecule has 2 rings (SSSR count). The molecule has 2 aromatic carbocycles. The van der Waals surface area contributed by atoms with E-state index in [1.807, 2.05) is 24.3 Å². The highest BCUT2D eigenvalue weighted by atomic mass is 79.9. The van der Waals surface area contributed by atoms with E-state index in [1.165, 1.54) is 0 Å². The molecule has 1 N–H and O–H groups in total. The van der Waals surface area contributed by atoms with E-state index in [0.717, 1.165) is 16.5 Å². The molecule has 0 aromatic heterocycles. The zero-order chi connectivity index (χ0) is 13.8. The summed E-state index contributed by atoms with van der Waals surface area (Å²) in [4.78, 5) is 0. The summed E-state index contributed by atoms with van der Waals surface area (Å²) in [7, 11) is 0. The second-order valence-electron chi connectivity index (χ2n) is 4.26. The van der Waals surface area contributed by atoms with E-state index in [0.29, 0.717) is 5.69 Å². The van der Waals surface area contributed by atoms with Crippen molar-refractivity contribution < 1.29 is 4.39 Å². The van der Waals surface area contributed by atoms with Crippen LogP contribution in [0.2, 0.25) is 5.02 Å². The monoisotopic (exact) mass is 341 g/mol. The maximum absolute atomic E-state index is 13.9. The maximum atomic E-state index is 13.9. The molecule has 0 aliphatic carbocycles. The summed E-state index contributed by atoms with van der Waals surface area (Å²) in [6.07, 6.45) is 0.855. The van der Waals surface area contributed by atoms with Gasteiger partial charge in [0.1, 0.15) is 0 Å². The first-order valence-electron chi connectivity index (χ1n) is 6.08. The molecule has 0 saturated carbocycles. The summed E-state index contributed by atoms with van der Waals surface area (Å²) >= 11 is 9.19. The highest BCUT2D eigenvalue weighted by molar-refractivity contribution is 9.10. The first kappa shape index (κ1) is 14.4. The van der Waals surface area contributed by atoms with Crippen LogP contribution in [-0.2, 0) is 0 Å². The fourth-order valence-corrected chi connectivity index (χ4v) is 2.36. The Hall–Kier alpha value is -1.06. The second kappa shape index (κ2) is 6.40. The Morgan fingerprint density at radius 1 is 1.21 bits per heavy atom. The standard InChI is InChI=1S/C15H14BrClFN/c1-2-13(10-6-8-11(16)9-7-10)19-14-5-3-4-12(17)15(14)18/h3-9,13,19H,2H2,1H3. The van der Waals surface area contributed by atoms with Gasteiger partial charge in [0, 0.05) is 4.47 Å². The average molecular weight is 343 g/mol. The maximum Gasteiger partial charge on any atom is 0.164 e. The molecule has 1 unspecified atom stereocenters. The lowest BCUT2D eigenvalue weighted by Gasteiger charge is -2.19. The van der Waals surface area contributed by atoms with Crippen molar-refractivity contribution in [3.05, 3.63) is 63.3 Å². The van der Waals surface area contributed by atoms with Crippen molar-refractivity contribution in [3.8, 4) is 0 Å². The van der Waals surface area contributed by atoms with Gasteiger partial charge in [-0.3, -0.25) is 0 Å². The zero-order valence-corrected chi connectivity index (χ0v) is 12.8. The van der Waals surface area contributed by atoms with E-state index < -0.39 is 5.82 Å². The minimum atomic E-state index is -0.403. The Bertz CT molecular complexity index is 557. The van der Waals surface area contributed by atoms with Crippen molar-refractivity contribution in [2.45, 2.75) is 19.4 Å². The van der Waals surface area contributed by atoms with Crippen LogP contribution in [0.15, 0.2) is 46.9 Å². The Labute approximate surface area is 125 Å². The third-order valence-corrected chi connectivity index (χ3v) is 3.78. The van der Waals surface area contributed by atoms with Crippen LogP contribution in [0.1, 0.15) is 24.9 Å². The van der Waals surface area contributed by atoms with Crippen LogP contribution in [-0.4, -0.2) is 0 Å². The van der Waals surface area contributed by atoms with Gasteiger partial charge < -0.3 is 5.32 Å². The van der Waals surface area contributed by atoms with Crippen LogP contribution in [0.3, 0.4) is 0 Å². The minimum Gasteiger partial charge on any atom is -0.376 e. The molecule has 0 fully saturated rings. The summed E-state index contributed by atoms with van der Waals surface area (Å²) in [5.74, 6) is -0.403. The number of halogens is 3. The van der Waals surface area contributed by atoms with E-state index in [-0.39, 0.29) is 11.1 Å². The Kier molecular flexibility index (Phi) is 4.83. The van der Waals surface area contributed by atoms with Crippen molar-refractivity contribution >= 4 is 33.2 Å². The van der Waals surface area contributed by atoms with Crippen LogP contribution in [0.5, 0.6) is 0 Å². The van der Waals surface area contributed by atoms with E-state index in [4.69, 9.17) is 11.6 Å². The van der Waals surface area contributed by atoms with Gasteiger partial charge in [0.05, 0.1) is 16.8 Å². The number of anilines is 1. The summed E-state index contributed by atoms with van der Waals surface area (Å²) in [5, 5.41) is 3.33. The Morgan fingerprint density at radius 3 is 2.53 bits per heavy atom. The fourth-order valence-electron chi connectivity index (χ4n) is 1.92. The summed E-state index contributed by atoms with van der Waals surface area (Å²) in [5.41, 5.74) is 1.55. The quantitative estimate of drug-likeness (QED) is 0.740. The minimum absolute atomic E-state index is 0.0565. The smallest absolute Gasteiger partial charge is 0.164 e. The van der Waals surface area contributed by atoms with Gasteiger partial charge >= 0.3 is 0 Å². The predicted octanol–water partition coefficient (Wildman–Crippen LogP) is 5.80. The normalized spacial score (nSPS) is 12.2. The molecular weight excluding hydrogens is 329 g/mol. The molecule has 0 aliphatic heterocycles. The molecule has 0 saturated heterocycles. The molecular formula is C15H14BrClFN. The first-order valence-corrected chi connectivity index (χ1v) is 7.25. The van der Waals surface area contributed by atoms with Crippen LogP contribution < -0.4 is 5.32 Å². The summed E-state index contributed by atoms with van der Waals surface area (Å²) in [6, 6.07) is 13.0. The summed E-state index contributed by atoms with van der Waals surface area (Å²) in [6.45, 7) is 2.06. The third-order valence-electron chi connectivity index (χ3n) is 2.96. The molecule has 0 bridgehead atoms. The van der Waals surface area contributed by atoms with Gasteiger partial charge in [0.15, 0.2) is 5.82 Å². The van der Waals surface area contributed by atoms with Crippen LogP contribution in [0.4, 0.5) is 10.1 Å². The third kappa shape index (κ3) is 3.48. The molecule has 1 nitrogen and oxygen atoms in total. The van der Waals surface area contributed by atoms with E-state index >= 15 is 0 Å². The molecule has 0 amide bonds. The van der Waals surface area contributed by atoms with E-state index in [2.05, 4.69) is 28.2 Å². The van der Waals surface area contributed by atoms with Gasteiger partial charge in [-0.25, -0.2) is 4.39 Å². The number of hydrogen-bond donors (Lipinski definition) is 1. The molecule has 100 valence electrons. The number of benzene rings is 2. The molecule has 2 aromatic rings. The van der Waals surface area contributed by atoms with Gasteiger partial charge in [-0.05, 0) is 36.2 Å². The molecule has 1 atom stereocenters. The largest absolute Gasteiger partial charge is 0.376 e. The van der Waals surface area contributed by atoms with Crippen LogP contribution in [0, 0.1) is 5.82 Å². The predicted molar refractivity (Wildman–Crippen MR) is 82.2 cm³/mol. The second-order valence-corrected chi connectivity index (χ2v) is 5.58. The molecule has 0 heterocycles. The molecule has 4 heteroatoms. The van der Waals surface area contributed by atoms with Crippen molar-refractivity contribution in [2.75, 3.05) is 5.32 Å². The van der Waals surface area contributed by atoms with Crippen molar-refractivity contribution in [1.29, 1.82) is 0 Å². The molecule has 0 aliphatic rings. The van der Waals surface area contributed by atoms with Gasteiger partial charge in [-0.2, -0.15) is 0 Å². The first-order chi connectivity index (χ1) is 9.11.